The Bertz CT molecular complexity index is 857. The molecule has 0 aliphatic rings. The Kier molecular flexibility index (Phi) is 3.79. The van der Waals surface area contributed by atoms with E-state index in [2.05, 4.69) is 9.97 Å². The van der Waals surface area contributed by atoms with Crippen LogP contribution in [0.5, 0.6) is 0 Å². The molecule has 3 rings (SSSR count). The van der Waals surface area contributed by atoms with Gasteiger partial charge in [0.2, 0.25) is 15.7 Å². The molecular weight excluding hydrogens is 332 g/mol. The molecule has 0 aliphatic heterocycles. The van der Waals surface area contributed by atoms with Crippen LogP contribution in [0.4, 0.5) is 0 Å². The van der Waals surface area contributed by atoms with Crippen LogP contribution >= 0.6 is 22.9 Å². The quantitative estimate of drug-likeness (QED) is 0.727. The van der Waals surface area contributed by atoms with E-state index in [1.165, 1.54) is 29.8 Å². The van der Waals surface area contributed by atoms with Gasteiger partial charge in [0, 0.05) is 6.20 Å². The van der Waals surface area contributed by atoms with Gasteiger partial charge in [-0.05, 0) is 23.6 Å². The smallest absolute Gasteiger partial charge is 0.210 e. The molecular formula is C13H9ClN2O3S2. The highest BCUT2D eigenvalue weighted by Gasteiger charge is 2.23. The summed E-state index contributed by atoms with van der Waals surface area (Å²) in [7, 11) is -3.70. The van der Waals surface area contributed by atoms with E-state index in [1.54, 1.807) is 6.07 Å². The Hall–Kier alpha value is -1.70. The molecule has 0 spiro atoms. The molecule has 0 N–H and O–H groups in total. The number of aromatic nitrogens is 2. The van der Waals surface area contributed by atoms with Crippen molar-refractivity contribution in [2.45, 2.75) is 10.8 Å². The highest BCUT2D eigenvalue weighted by molar-refractivity contribution is 7.90. The number of pyridine rings is 1. The maximum Gasteiger partial charge on any atom is 0.210 e. The van der Waals surface area contributed by atoms with Crippen LogP contribution in [0.3, 0.4) is 0 Å². The summed E-state index contributed by atoms with van der Waals surface area (Å²) in [6, 6.07) is 6.81. The van der Waals surface area contributed by atoms with Gasteiger partial charge in [-0.3, -0.25) is 0 Å². The summed E-state index contributed by atoms with van der Waals surface area (Å²) in [4.78, 5) is 8.71. The van der Waals surface area contributed by atoms with Crippen molar-refractivity contribution in [3.8, 4) is 10.6 Å². The fourth-order valence-electron chi connectivity index (χ4n) is 1.74. The third-order valence-corrected chi connectivity index (χ3v) is 5.49. The van der Waals surface area contributed by atoms with Crippen LogP contribution in [0.2, 0.25) is 5.02 Å². The van der Waals surface area contributed by atoms with Crippen LogP contribution in [0.25, 0.3) is 10.6 Å². The van der Waals surface area contributed by atoms with Crippen molar-refractivity contribution in [1.82, 2.24) is 9.97 Å². The lowest BCUT2D eigenvalue weighted by atomic mass is 10.4. The van der Waals surface area contributed by atoms with Crippen molar-refractivity contribution in [2.24, 2.45) is 0 Å². The fraction of sp³-hybridized carbons (Fsp3) is 0.0769. The lowest BCUT2D eigenvalue weighted by molar-refractivity contribution is 0.519. The van der Waals surface area contributed by atoms with Gasteiger partial charge in [0.15, 0.2) is 10.8 Å². The molecule has 0 unspecified atom stereocenters. The van der Waals surface area contributed by atoms with Crippen molar-refractivity contribution in [1.29, 1.82) is 0 Å². The molecule has 0 aromatic carbocycles. The second-order valence-corrected chi connectivity index (χ2v) is 7.40. The van der Waals surface area contributed by atoms with E-state index in [1.807, 2.05) is 17.5 Å². The van der Waals surface area contributed by atoms with Gasteiger partial charge in [0.05, 0.1) is 16.1 Å². The highest BCUT2D eigenvalue weighted by atomic mass is 35.5. The SMILES string of the molecule is O=S(=O)(Cc1ncc(-c2cccs2)o1)c1ncccc1Cl. The summed E-state index contributed by atoms with van der Waals surface area (Å²) in [5.41, 5.74) is 0. The molecule has 0 saturated carbocycles. The molecule has 0 atom stereocenters. The molecule has 108 valence electrons. The normalized spacial score (nSPS) is 11.7. The molecule has 0 aliphatic carbocycles. The Morgan fingerprint density at radius 2 is 2.10 bits per heavy atom. The first kappa shape index (κ1) is 14.2. The number of hydrogen-bond acceptors (Lipinski definition) is 6. The summed E-state index contributed by atoms with van der Waals surface area (Å²) in [6.45, 7) is 0. The van der Waals surface area contributed by atoms with E-state index in [0.29, 0.717) is 5.76 Å². The molecule has 0 saturated heterocycles. The molecule has 0 amide bonds. The van der Waals surface area contributed by atoms with E-state index in [4.69, 9.17) is 16.0 Å². The zero-order valence-corrected chi connectivity index (χ0v) is 13.0. The molecule has 5 nitrogen and oxygen atoms in total. The summed E-state index contributed by atoms with van der Waals surface area (Å²) >= 11 is 7.36. The first-order valence-corrected chi connectivity index (χ1v) is 8.79. The molecule has 0 fully saturated rings. The maximum atomic E-state index is 12.3. The van der Waals surface area contributed by atoms with Gasteiger partial charge in [0.1, 0.15) is 5.75 Å². The number of thiophene rings is 1. The number of halogens is 1. The van der Waals surface area contributed by atoms with Gasteiger partial charge in [-0.1, -0.05) is 17.7 Å². The standard InChI is InChI=1S/C13H9ClN2O3S2/c14-9-3-1-5-15-13(9)21(17,18)8-12-16-7-10(19-12)11-4-2-6-20-11/h1-7H,8H2. The average molecular weight is 341 g/mol. The molecule has 21 heavy (non-hydrogen) atoms. The van der Waals surface area contributed by atoms with Crippen LogP contribution in [-0.4, -0.2) is 18.4 Å². The van der Waals surface area contributed by atoms with E-state index < -0.39 is 9.84 Å². The second kappa shape index (κ2) is 5.59. The zero-order valence-electron chi connectivity index (χ0n) is 10.6. The van der Waals surface area contributed by atoms with Gasteiger partial charge in [-0.15, -0.1) is 11.3 Å². The van der Waals surface area contributed by atoms with Gasteiger partial charge < -0.3 is 4.42 Å². The Balaban J connectivity index is 1.88. The van der Waals surface area contributed by atoms with Crippen LogP contribution in [0.15, 0.2) is 51.5 Å². The van der Waals surface area contributed by atoms with E-state index >= 15 is 0 Å². The summed E-state index contributed by atoms with van der Waals surface area (Å²) in [5.74, 6) is 0.275. The van der Waals surface area contributed by atoms with Crippen LogP contribution in [-0.2, 0) is 15.6 Å². The van der Waals surface area contributed by atoms with Crippen LogP contribution < -0.4 is 0 Å². The monoisotopic (exact) mass is 340 g/mol. The summed E-state index contributed by atoms with van der Waals surface area (Å²) in [6.07, 6.45) is 2.89. The minimum atomic E-state index is -3.70. The van der Waals surface area contributed by atoms with Crippen molar-refractivity contribution >= 4 is 32.8 Å². The zero-order chi connectivity index (χ0) is 14.9. The maximum absolute atomic E-state index is 12.3. The van der Waals surface area contributed by atoms with Crippen LogP contribution in [0, 0.1) is 0 Å². The molecule has 3 heterocycles. The molecule has 0 radical (unpaired) electrons. The van der Waals surface area contributed by atoms with Crippen molar-refractivity contribution < 1.29 is 12.8 Å². The van der Waals surface area contributed by atoms with E-state index in [-0.39, 0.29) is 21.7 Å². The largest absolute Gasteiger partial charge is 0.439 e. The van der Waals surface area contributed by atoms with E-state index in [0.717, 1.165) is 4.88 Å². The minimum Gasteiger partial charge on any atom is -0.439 e. The highest BCUT2D eigenvalue weighted by Crippen LogP contribution is 2.27. The topological polar surface area (TPSA) is 73.1 Å². The predicted molar refractivity (Wildman–Crippen MR) is 80.0 cm³/mol. The summed E-state index contributed by atoms with van der Waals surface area (Å²) < 4.78 is 30.0. The van der Waals surface area contributed by atoms with Crippen molar-refractivity contribution in [3.05, 3.63) is 53.0 Å². The third kappa shape index (κ3) is 2.99. The molecule has 3 aromatic rings. The number of sulfone groups is 1. The minimum absolute atomic E-state index is 0.0857. The Morgan fingerprint density at radius 3 is 2.81 bits per heavy atom. The molecule has 0 bridgehead atoms. The molecule has 8 heteroatoms. The molecule has 3 aromatic heterocycles. The van der Waals surface area contributed by atoms with Gasteiger partial charge in [-0.2, -0.15) is 0 Å². The number of rotatable bonds is 4. The third-order valence-electron chi connectivity index (χ3n) is 2.65. The van der Waals surface area contributed by atoms with Gasteiger partial charge >= 0.3 is 0 Å². The predicted octanol–water partition coefficient (Wildman–Crippen LogP) is 3.43. The van der Waals surface area contributed by atoms with E-state index in [9.17, 15) is 8.42 Å². The lowest BCUT2D eigenvalue weighted by Gasteiger charge is -2.02. The first-order chi connectivity index (χ1) is 10.1. The lowest BCUT2D eigenvalue weighted by Crippen LogP contribution is -2.07. The van der Waals surface area contributed by atoms with Gasteiger partial charge in [0.25, 0.3) is 0 Å². The van der Waals surface area contributed by atoms with Crippen molar-refractivity contribution in [3.63, 3.8) is 0 Å². The number of nitrogens with zero attached hydrogens (tertiary/aromatic N) is 2. The Labute approximate surface area is 130 Å². The van der Waals surface area contributed by atoms with Gasteiger partial charge in [-0.25, -0.2) is 18.4 Å². The van der Waals surface area contributed by atoms with Crippen LogP contribution in [0.1, 0.15) is 5.89 Å². The Morgan fingerprint density at radius 1 is 1.24 bits per heavy atom. The summed E-state index contributed by atoms with van der Waals surface area (Å²) in [5, 5.41) is 1.83. The number of hydrogen-bond donors (Lipinski definition) is 0. The second-order valence-electron chi connectivity index (χ2n) is 4.15. The average Bonchev–Trinajstić information content (AvgIpc) is 3.09. The number of oxazole rings is 1. The first-order valence-electron chi connectivity index (χ1n) is 5.88. The van der Waals surface area contributed by atoms with Crippen molar-refractivity contribution in [2.75, 3.05) is 0 Å². The fourth-order valence-corrected chi connectivity index (χ4v) is 4.07.